The van der Waals surface area contributed by atoms with Gasteiger partial charge in [-0.25, -0.2) is 0 Å². The van der Waals surface area contributed by atoms with Gasteiger partial charge < -0.3 is 15.8 Å². The molecule has 1 fully saturated rings. The summed E-state index contributed by atoms with van der Waals surface area (Å²) in [7, 11) is 1.69. The number of hydrogen-bond donors (Lipinski definition) is 2. The average molecular weight is 189 g/mol. The first-order valence-corrected chi connectivity index (χ1v) is 2.83. The SMILES string of the molecule is CO[C@@H]1CNC[C@H]1N.Cl.Cl. The van der Waals surface area contributed by atoms with Crippen molar-refractivity contribution < 1.29 is 4.74 Å². The van der Waals surface area contributed by atoms with Crippen molar-refractivity contribution in [3.8, 4) is 0 Å². The van der Waals surface area contributed by atoms with Crippen molar-refractivity contribution in [1.82, 2.24) is 5.32 Å². The van der Waals surface area contributed by atoms with E-state index in [0.717, 1.165) is 13.1 Å². The first-order chi connectivity index (χ1) is 3.84. The smallest absolute Gasteiger partial charge is 0.0858 e. The number of methoxy groups -OCH3 is 1. The highest BCUT2D eigenvalue weighted by atomic mass is 35.5. The minimum absolute atomic E-state index is 0. The van der Waals surface area contributed by atoms with Crippen molar-refractivity contribution in [3.05, 3.63) is 0 Å². The maximum absolute atomic E-state index is 5.60. The van der Waals surface area contributed by atoms with E-state index < -0.39 is 0 Å². The van der Waals surface area contributed by atoms with Crippen LogP contribution < -0.4 is 11.1 Å². The van der Waals surface area contributed by atoms with Gasteiger partial charge in [-0.2, -0.15) is 0 Å². The van der Waals surface area contributed by atoms with Gasteiger partial charge in [0, 0.05) is 26.2 Å². The lowest BCUT2D eigenvalue weighted by Crippen LogP contribution is -2.34. The predicted molar refractivity (Wildman–Crippen MR) is 46.1 cm³/mol. The van der Waals surface area contributed by atoms with Crippen molar-refractivity contribution in [2.75, 3.05) is 20.2 Å². The molecule has 1 aliphatic rings. The van der Waals surface area contributed by atoms with E-state index in [-0.39, 0.29) is 37.0 Å². The summed E-state index contributed by atoms with van der Waals surface area (Å²) in [6.07, 6.45) is 0.231. The van der Waals surface area contributed by atoms with Crippen LogP contribution in [0.4, 0.5) is 0 Å². The third-order valence-corrected chi connectivity index (χ3v) is 1.51. The minimum atomic E-state index is 0. The summed E-state index contributed by atoms with van der Waals surface area (Å²) in [6.45, 7) is 1.79. The van der Waals surface area contributed by atoms with E-state index in [1.807, 2.05) is 0 Å². The standard InChI is InChI=1S/C5H12N2O.2ClH/c1-8-5-3-7-2-4(5)6;;/h4-5,7H,2-3,6H2,1H3;2*1H/t4-,5-;;/m1../s1. The number of halogens is 2. The van der Waals surface area contributed by atoms with Crippen LogP contribution >= 0.6 is 24.8 Å². The van der Waals surface area contributed by atoms with Crippen LogP contribution in [0.3, 0.4) is 0 Å². The molecule has 10 heavy (non-hydrogen) atoms. The highest BCUT2D eigenvalue weighted by Gasteiger charge is 2.22. The summed E-state index contributed by atoms with van der Waals surface area (Å²) in [5.74, 6) is 0. The molecule has 0 amide bonds. The van der Waals surface area contributed by atoms with Gasteiger partial charge in [0.2, 0.25) is 0 Å². The number of hydrogen-bond acceptors (Lipinski definition) is 3. The molecule has 0 aromatic carbocycles. The molecule has 0 spiro atoms. The van der Waals surface area contributed by atoms with E-state index in [9.17, 15) is 0 Å². The number of ether oxygens (including phenoxy) is 1. The zero-order valence-electron chi connectivity index (χ0n) is 5.87. The summed E-state index contributed by atoms with van der Waals surface area (Å²) >= 11 is 0. The average Bonchev–Trinajstić information content (AvgIpc) is 2.14. The van der Waals surface area contributed by atoms with E-state index in [1.165, 1.54) is 0 Å². The summed E-state index contributed by atoms with van der Waals surface area (Å²) in [4.78, 5) is 0. The third kappa shape index (κ3) is 3.03. The fourth-order valence-corrected chi connectivity index (χ4v) is 0.933. The van der Waals surface area contributed by atoms with Gasteiger partial charge in [-0.05, 0) is 0 Å². The quantitative estimate of drug-likeness (QED) is 0.599. The molecule has 3 N–H and O–H groups in total. The van der Waals surface area contributed by atoms with Crippen LogP contribution in [0.5, 0.6) is 0 Å². The Hall–Kier alpha value is 0.460. The first-order valence-electron chi connectivity index (χ1n) is 2.83. The molecule has 0 aliphatic carbocycles. The minimum Gasteiger partial charge on any atom is -0.378 e. The van der Waals surface area contributed by atoms with Crippen molar-refractivity contribution in [1.29, 1.82) is 0 Å². The van der Waals surface area contributed by atoms with Gasteiger partial charge in [0.15, 0.2) is 0 Å². The highest BCUT2D eigenvalue weighted by molar-refractivity contribution is 5.85. The molecule has 0 bridgehead atoms. The fourth-order valence-electron chi connectivity index (χ4n) is 0.933. The second kappa shape index (κ2) is 6.19. The number of nitrogens with two attached hydrogens (primary N) is 1. The Labute approximate surface area is 73.5 Å². The largest absolute Gasteiger partial charge is 0.378 e. The van der Waals surface area contributed by atoms with Crippen LogP contribution in [0, 0.1) is 0 Å². The number of rotatable bonds is 1. The Balaban J connectivity index is 0. The molecule has 0 unspecified atom stereocenters. The molecule has 1 saturated heterocycles. The van der Waals surface area contributed by atoms with Crippen LogP contribution in [0.1, 0.15) is 0 Å². The van der Waals surface area contributed by atoms with Gasteiger partial charge in [0.25, 0.3) is 0 Å². The van der Waals surface area contributed by atoms with Crippen LogP contribution in [-0.2, 0) is 4.74 Å². The summed E-state index contributed by atoms with van der Waals surface area (Å²) in [5, 5.41) is 3.12. The van der Waals surface area contributed by atoms with Gasteiger partial charge in [0.1, 0.15) is 0 Å². The monoisotopic (exact) mass is 188 g/mol. The van der Waals surface area contributed by atoms with E-state index in [2.05, 4.69) is 5.32 Å². The normalized spacial score (nSPS) is 30.6. The molecule has 0 aromatic rings. The fraction of sp³-hybridized carbons (Fsp3) is 1.00. The summed E-state index contributed by atoms with van der Waals surface area (Å²) in [6, 6.07) is 0.194. The van der Waals surface area contributed by atoms with Crippen LogP contribution in [-0.4, -0.2) is 32.3 Å². The summed E-state index contributed by atoms with van der Waals surface area (Å²) < 4.78 is 5.04. The zero-order valence-corrected chi connectivity index (χ0v) is 7.50. The van der Waals surface area contributed by atoms with E-state index in [1.54, 1.807) is 7.11 Å². The first kappa shape index (κ1) is 13.1. The Morgan fingerprint density at radius 2 is 2.00 bits per heavy atom. The molecule has 1 rings (SSSR count). The van der Waals surface area contributed by atoms with Gasteiger partial charge >= 0.3 is 0 Å². The van der Waals surface area contributed by atoms with Gasteiger partial charge in [0.05, 0.1) is 6.10 Å². The second-order valence-corrected chi connectivity index (χ2v) is 2.10. The highest BCUT2D eigenvalue weighted by Crippen LogP contribution is 1.98. The molecule has 2 atom stereocenters. The molecule has 0 radical (unpaired) electrons. The van der Waals surface area contributed by atoms with Gasteiger partial charge in [-0.1, -0.05) is 0 Å². The lowest BCUT2D eigenvalue weighted by Gasteiger charge is -2.10. The van der Waals surface area contributed by atoms with Gasteiger partial charge in [-0.15, -0.1) is 24.8 Å². The molecule has 1 aliphatic heterocycles. The Bertz CT molecular complexity index is 84.0. The molecule has 1 heterocycles. The van der Waals surface area contributed by atoms with Crippen LogP contribution in [0.2, 0.25) is 0 Å². The predicted octanol–water partition coefficient (Wildman–Crippen LogP) is -0.224. The van der Waals surface area contributed by atoms with Crippen molar-refractivity contribution in [2.24, 2.45) is 5.73 Å². The Morgan fingerprint density at radius 1 is 1.40 bits per heavy atom. The molecule has 0 aromatic heterocycles. The molecular weight excluding hydrogens is 175 g/mol. The van der Waals surface area contributed by atoms with E-state index in [0.29, 0.717) is 0 Å². The maximum atomic E-state index is 5.60. The zero-order chi connectivity index (χ0) is 5.98. The molecule has 3 nitrogen and oxygen atoms in total. The lowest BCUT2D eigenvalue weighted by molar-refractivity contribution is 0.107. The second-order valence-electron chi connectivity index (χ2n) is 2.10. The van der Waals surface area contributed by atoms with Crippen LogP contribution in [0.15, 0.2) is 0 Å². The Kier molecular flexibility index (Phi) is 8.09. The van der Waals surface area contributed by atoms with Crippen molar-refractivity contribution in [2.45, 2.75) is 12.1 Å². The summed E-state index contributed by atoms with van der Waals surface area (Å²) in [5.41, 5.74) is 5.60. The molecule has 5 heteroatoms. The Morgan fingerprint density at radius 3 is 2.20 bits per heavy atom. The number of nitrogens with one attached hydrogen (secondary N) is 1. The van der Waals surface area contributed by atoms with Gasteiger partial charge in [-0.3, -0.25) is 0 Å². The topological polar surface area (TPSA) is 47.3 Å². The van der Waals surface area contributed by atoms with E-state index in [4.69, 9.17) is 10.5 Å². The lowest BCUT2D eigenvalue weighted by atomic mass is 10.2. The third-order valence-electron chi connectivity index (χ3n) is 1.51. The maximum Gasteiger partial charge on any atom is 0.0858 e. The molecule has 0 saturated carbocycles. The van der Waals surface area contributed by atoms with Crippen molar-refractivity contribution >= 4 is 24.8 Å². The molecule has 64 valence electrons. The van der Waals surface area contributed by atoms with Crippen LogP contribution in [0.25, 0.3) is 0 Å². The van der Waals surface area contributed by atoms with Crippen molar-refractivity contribution in [3.63, 3.8) is 0 Å². The molecular formula is C5H14Cl2N2O. The van der Waals surface area contributed by atoms with E-state index >= 15 is 0 Å².